The molecule has 0 saturated heterocycles. The number of aromatic nitrogens is 2. The lowest BCUT2D eigenvalue weighted by Crippen LogP contribution is -2.10. The van der Waals surface area contributed by atoms with Gasteiger partial charge in [0.1, 0.15) is 0 Å². The van der Waals surface area contributed by atoms with Gasteiger partial charge in [-0.2, -0.15) is 0 Å². The summed E-state index contributed by atoms with van der Waals surface area (Å²) in [7, 11) is 0. The van der Waals surface area contributed by atoms with Crippen molar-refractivity contribution in [2.75, 3.05) is 12.3 Å². The Morgan fingerprint density at radius 1 is 1.56 bits per heavy atom. The zero-order chi connectivity index (χ0) is 13.1. The summed E-state index contributed by atoms with van der Waals surface area (Å²) in [6.45, 7) is 2.03. The molecule has 0 spiro atoms. The van der Waals surface area contributed by atoms with E-state index < -0.39 is 5.97 Å². The molecule has 0 aliphatic heterocycles. The van der Waals surface area contributed by atoms with Crippen LogP contribution >= 0.6 is 11.6 Å². The van der Waals surface area contributed by atoms with E-state index in [-0.39, 0.29) is 6.61 Å². The SMILES string of the molecule is CCOC(=O)c1cc(N)cc(Cl)c1-n1ccnc1. The standard InChI is InChI=1S/C12H12ClN3O2/c1-2-18-12(17)9-5-8(14)6-10(13)11(9)16-4-3-15-7-16/h3-7H,2,14H2,1H3. The van der Waals surface area contributed by atoms with E-state index in [9.17, 15) is 4.79 Å². The minimum Gasteiger partial charge on any atom is -0.462 e. The second-order valence-electron chi connectivity index (χ2n) is 3.59. The van der Waals surface area contributed by atoms with E-state index in [1.807, 2.05) is 0 Å². The van der Waals surface area contributed by atoms with Crippen LogP contribution in [0.3, 0.4) is 0 Å². The Balaban J connectivity index is 2.59. The molecule has 94 valence electrons. The highest BCUT2D eigenvalue weighted by Crippen LogP contribution is 2.28. The smallest absolute Gasteiger partial charge is 0.340 e. The van der Waals surface area contributed by atoms with Crippen LogP contribution in [0.4, 0.5) is 5.69 Å². The number of nitrogens with two attached hydrogens (primary N) is 1. The number of carbonyl (C=O) groups is 1. The quantitative estimate of drug-likeness (QED) is 0.683. The molecule has 0 aliphatic carbocycles. The lowest BCUT2D eigenvalue weighted by molar-refractivity contribution is 0.0526. The highest BCUT2D eigenvalue weighted by atomic mass is 35.5. The highest BCUT2D eigenvalue weighted by Gasteiger charge is 2.17. The van der Waals surface area contributed by atoms with Crippen molar-refractivity contribution in [3.8, 4) is 5.69 Å². The molecule has 18 heavy (non-hydrogen) atoms. The van der Waals surface area contributed by atoms with Gasteiger partial charge >= 0.3 is 5.97 Å². The number of anilines is 1. The first-order valence-corrected chi connectivity index (χ1v) is 5.75. The third-order valence-corrected chi connectivity index (χ3v) is 2.63. The minimum atomic E-state index is -0.463. The normalized spacial score (nSPS) is 10.3. The molecule has 0 atom stereocenters. The van der Waals surface area contributed by atoms with Gasteiger partial charge < -0.3 is 15.0 Å². The van der Waals surface area contributed by atoms with Crippen LogP contribution in [0.2, 0.25) is 5.02 Å². The van der Waals surface area contributed by atoms with Gasteiger partial charge in [-0.3, -0.25) is 0 Å². The number of esters is 1. The van der Waals surface area contributed by atoms with E-state index in [0.717, 1.165) is 0 Å². The Morgan fingerprint density at radius 3 is 2.94 bits per heavy atom. The van der Waals surface area contributed by atoms with E-state index in [4.69, 9.17) is 22.1 Å². The number of nitrogens with zero attached hydrogens (tertiary/aromatic N) is 2. The average Bonchev–Trinajstić information content (AvgIpc) is 2.81. The Hall–Kier alpha value is -2.01. The molecule has 2 N–H and O–H groups in total. The Bertz CT molecular complexity index is 567. The van der Waals surface area contributed by atoms with Crippen molar-refractivity contribution < 1.29 is 9.53 Å². The first-order valence-electron chi connectivity index (χ1n) is 5.38. The number of nitrogen functional groups attached to an aromatic ring is 1. The predicted octanol–water partition coefficient (Wildman–Crippen LogP) is 2.28. The number of halogens is 1. The number of ether oxygens (including phenoxy) is 1. The van der Waals surface area contributed by atoms with E-state index in [1.165, 1.54) is 0 Å². The average molecular weight is 266 g/mol. The molecule has 0 amide bonds. The largest absolute Gasteiger partial charge is 0.462 e. The van der Waals surface area contributed by atoms with Gasteiger partial charge in [-0.05, 0) is 19.1 Å². The topological polar surface area (TPSA) is 70.1 Å². The Kier molecular flexibility index (Phi) is 3.53. The maximum atomic E-state index is 11.9. The number of carbonyl (C=O) groups excluding carboxylic acids is 1. The fourth-order valence-electron chi connectivity index (χ4n) is 1.64. The first kappa shape index (κ1) is 12.4. The van der Waals surface area contributed by atoms with Crippen molar-refractivity contribution in [2.45, 2.75) is 6.92 Å². The maximum Gasteiger partial charge on any atom is 0.340 e. The van der Waals surface area contributed by atoms with Crippen molar-refractivity contribution in [1.82, 2.24) is 9.55 Å². The molecule has 0 bridgehead atoms. The van der Waals surface area contributed by atoms with Gasteiger partial charge in [0.2, 0.25) is 0 Å². The maximum absolute atomic E-state index is 11.9. The van der Waals surface area contributed by atoms with Crippen LogP contribution in [-0.4, -0.2) is 22.1 Å². The summed E-state index contributed by atoms with van der Waals surface area (Å²) in [5.74, 6) is -0.463. The number of hydrogen-bond acceptors (Lipinski definition) is 4. The van der Waals surface area contributed by atoms with Gasteiger partial charge in [-0.25, -0.2) is 9.78 Å². The van der Waals surface area contributed by atoms with E-state index in [1.54, 1.807) is 42.3 Å². The monoisotopic (exact) mass is 265 g/mol. The summed E-state index contributed by atoms with van der Waals surface area (Å²) in [6.07, 6.45) is 4.85. The molecule has 6 heteroatoms. The van der Waals surface area contributed by atoms with Crippen molar-refractivity contribution in [2.24, 2.45) is 0 Å². The number of hydrogen-bond donors (Lipinski definition) is 1. The van der Waals surface area contributed by atoms with Crippen LogP contribution in [0.1, 0.15) is 17.3 Å². The van der Waals surface area contributed by atoms with Crippen LogP contribution in [0, 0.1) is 0 Å². The van der Waals surface area contributed by atoms with E-state index in [0.29, 0.717) is 22.0 Å². The number of rotatable bonds is 3. The van der Waals surface area contributed by atoms with Crippen LogP contribution in [0.15, 0.2) is 30.9 Å². The lowest BCUT2D eigenvalue weighted by atomic mass is 10.1. The van der Waals surface area contributed by atoms with E-state index >= 15 is 0 Å². The molecule has 0 fully saturated rings. The van der Waals surface area contributed by atoms with Gasteiger partial charge in [0.25, 0.3) is 0 Å². The predicted molar refractivity (Wildman–Crippen MR) is 68.9 cm³/mol. The summed E-state index contributed by atoms with van der Waals surface area (Å²) < 4.78 is 6.64. The molecule has 0 aliphatic rings. The van der Waals surface area contributed by atoms with Crippen LogP contribution < -0.4 is 5.73 Å². The molecule has 5 nitrogen and oxygen atoms in total. The van der Waals surface area contributed by atoms with Gasteiger partial charge in [0.15, 0.2) is 0 Å². The molecular weight excluding hydrogens is 254 g/mol. The van der Waals surface area contributed by atoms with Crippen molar-refractivity contribution >= 4 is 23.3 Å². The van der Waals surface area contributed by atoms with Gasteiger partial charge in [-0.15, -0.1) is 0 Å². The van der Waals surface area contributed by atoms with E-state index in [2.05, 4.69) is 4.98 Å². The first-order chi connectivity index (χ1) is 8.63. The second-order valence-corrected chi connectivity index (χ2v) is 4.00. The van der Waals surface area contributed by atoms with Crippen LogP contribution in [-0.2, 0) is 4.74 Å². The Labute approximate surface area is 109 Å². The van der Waals surface area contributed by atoms with Crippen LogP contribution in [0.5, 0.6) is 0 Å². The van der Waals surface area contributed by atoms with Gasteiger partial charge in [-0.1, -0.05) is 11.6 Å². The van der Waals surface area contributed by atoms with Crippen LogP contribution in [0.25, 0.3) is 5.69 Å². The Morgan fingerprint density at radius 2 is 2.33 bits per heavy atom. The highest BCUT2D eigenvalue weighted by molar-refractivity contribution is 6.33. The fourth-order valence-corrected chi connectivity index (χ4v) is 1.96. The third kappa shape index (κ3) is 2.31. The van der Waals surface area contributed by atoms with Crippen molar-refractivity contribution in [3.05, 3.63) is 41.4 Å². The zero-order valence-electron chi connectivity index (χ0n) is 9.76. The molecule has 2 aromatic rings. The summed E-state index contributed by atoms with van der Waals surface area (Å²) in [4.78, 5) is 15.8. The van der Waals surface area contributed by atoms with Crippen molar-refractivity contribution in [1.29, 1.82) is 0 Å². The van der Waals surface area contributed by atoms with Crippen molar-refractivity contribution in [3.63, 3.8) is 0 Å². The molecule has 0 unspecified atom stereocenters. The summed E-state index contributed by atoms with van der Waals surface area (Å²) >= 11 is 6.13. The molecule has 0 saturated carbocycles. The fraction of sp³-hybridized carbons (Fsp3) is 0.167. The minimum absolute atomic E-state index is 0.286. The molecule has 0 radical (unpaired) electrons. The molecular formula is C12H12ClN3O2. The lowest BCUT2D eigenvalue weighted by Gasteiger charge is -2.12. The number of imidazole rings is 1. The summed E-state index contributed by atoms with van der Waals surface area (Å²) in [6, 6.07) is 3.12. The summed E-state index contributed by atoms with van der Waals surface area (Å²) in [5.41, 5.74) is 6.94. The van der Waals surface area contributed by atoms with Gasteiger partial charge in [0, 0.05) is 18.1 Å². The third-order valence-electron chi connectivity index (χ3n) is 2.34. The molecule has 1 aromatic heterocycles. The molecule has 1 heterocycles. The number of benzene rings is 1. The molecule has 1 aromatic carbocycles. The molecule has 2 rings (SSSR count). The van der Waals surface area contributed by atoms with Gasteiger partial charge in [0.05, 0.1) is 29.2 Å². The second kappa shape index (κ2) is 5.10. The zero-order valence-corrected chi connectivity index (χ0v) is 10.5. The summed E-state index contributed by atoms with van der Waals surface area (Å²) in [5, 5.41) is 0.371.